The molecule has 0 spiro atoms. The van der Waals surface area contributed by atoms with Crippen molar-refractivity contribution >= 4 is 23.4 Å². The zero-order valence-electron chi connectivity index (χ0n) is 18.7. The number of nitrogens with zero attached hydrogens (tertiary/aromatic N) is 6. The minimum Gasteiger partial charge on any atom is -0.497 e. The fourth-order valence-corrected chi connectivity index (χ4v) is 3.46. The number of hydrogen-bond donors (Lipinski definition) is 1. The minimum absolute atomic E-state index is 0.152. The van der Waals surface area contributed by atoms with Gasteiger partial charge in [-0.25, -0.2) is 4.68 Å². The van der Waals surface area contributed by atoms with Crippen molar-refractivity contribution in [3.8, 4) is 11.4 Å². The maximum Gasteiger partial charge on any atom is 0.295 e. The van der Waals surface area contributed by atoms with E-state index in [1.165, 1.54) is 9.36 Å². The number of ether oxygens (including phenoxy) is 1. The first-order valence-electron chi connectivity index (χ1n) is 10.2. The molecule has 168 valence electrons. The number of amides is 1. The van der Waals surface area contributed by atoms with E-state index < -0.39 is 5.91 Å². The van der Waals surface area contributed by atoms with Crippen LogP contribution in [0.15, 0.2) is 59.4 Å². The summed E-state index contributed by atoms with van der Waals surface area (Å²) in [5, 5.41) is 14.2. The predicted octanol–water partition coefficient (Wildman–Crippen LogP) is 2.42. The Hall–Kier alpha value is -4.47. The highest BCUT2D eigenvalue weighted by atomic mass is 16.5. The summed E-state index contributed by atoms with van der Waals surface area (Å²) in [6.45, 7) is 3.45. The normalized spacial score (nSPS) is 11.5. The molecule has 0 bridgehead atoms. The van der Waals surface area contributed by atoms with Gasteiger partial charge in [-0.3, -0.25) is 14.3 Å². The Kier molecular flexibility index (Phi) is 5.90. The van der Waals surface area contributed by atoms with Gasteiger partial charge < -0.3 is 10.1 Å². The highest BCUT2D eigenvalue weighted by Crippen LogP contribution is 2.20. The molecule has 1 amide bonds. The molecule has 0 aliphatic heterocycles. The maximum absolute atomic E-state index is 13.4. The minimum atomic E-state index is -0.528. The van der Waals surface area contributed by atoms with E-state index >= 15 is 0 Å². The molecule has 4 rings (SSSR count). The molecular formula is C23H23N7O3. The lowest BCUT2D eigenvalue weighted by atomic mass is 10.1. The summed E-state index contributed by atoms with van der Waals surface area (Å²) in [5.74, 6) is 0.534. The third-order valence-electron chi connectivity index (χ3n) is 5.28. The van der Waals surface area contributed by atoms with E-state index in [-0.39, 0.29) is 16.9 Å². The van der Waals surface area contributed by atoms with Crippen LogP contribution in [0.2, 0.25) is 0 Å². The van der Waals surface area contributed by atoms with Crippen LogP contribution >= 0.6 is 0 Å². The van der Waals surface area contributed by atoms with Crippen LogP contribution in [0.1, 0.15) is 17.1 Å². The first-order valence-corrected chi connectivity index (χ1v) is 10.2. The largest absolute Gasteiger partial charge is 0.497 e. The number of tetrazole rings is 1. The Balaban J connectivity index is 1.77. The summed E-state index contributed by atoms with van der Waals surface area (Å²) in [6, 6.07) is 16.4. The molecule has 4 aromatic rings. The molecular weight excluding hydrogens is 422 g/mol. The Morgan fingerprint density at radius 3 is 2.52 bits per heavy atom. The van der Waals surface area contributed by atoms with Gasteiger partial charge in [0.25, 0.3) is 11.5 Å². The summed E-state index contributed by atoms with van der Waals surface area (Å²) in [4.78, 5) is 26.6. The van der Waals surface area contributed by atoms with Crippen LogP contribution in [0.4, 0.5) is 5.69 Å². The lowest BCUT2D eigenvalue weighted by Gasteiger charge is -2.09. The Morgan fingerprint density at radius 2 is 1.85 bits per heavy atom. The molecule has 2 aromatic carbocycles. The zero-order chi connectivity index (χ0) is 23.5. The van der Waals surface area contributed by atoms with Gasteiger partial charge >= 0.3 is 0 Å². The van der Waals surface area contributed by atoms with Crippen molar-refractivity contribution in [2.75, 3.05) is 12.4 Å². The quantitative estimate of drug-likeness (QED) is 0.457. The lowest BCUT2D eigenvalue weighted by Crippen LogP contribution is -2.25. The number of nitrogens with one attached hydrogen (secondary N) is 1. The number of rotatable bonds is 6. The van der Waals surface area contributed by atoms with Gasteiger partial charge in [-0.15, -0.1) is 5.10 Å². The van der Waals surface area contributed by atoms with E-state index in [9.17, 15) is 9.59 Å². The molecule has 0 fully saturated rings. The standard InChI is InChI=1S/C23H23N7O3/c1-15-21(23(32)30(28(15)3)18-10-6-5-7-11-18)24-22(31)20(29-16(2)25-26-27-29)14-17-9-8-12-19(13-17)33-4/h5-14H,1-4H3,(H,24,31)/b20-14-. The van der Waals surface area contributed by atoms with Crippen LogP contribution in [0.25, 0.3) is 17.5 Å². The fourth-order valence-electron chi connectivity index (χ4n) is 3.46. The van der Waals surface area contributed by atoms with Crippen molar-refractivity contribution in [1.82, 2.24) is 29.6 Å². The molecule has 0 saturated carbocycles. The summed E-state index contributed by atoms with van der Waals surface area (Å²) < 4.78 is 9.79. The molecule has 33 heavy (non-hydrogen) atoms. The molecule has 0 radical (unpaired) electrons. The summed E-state index contributed by atoms with van der Waals surface area (Å²) in [5.41, 5.74) is 1.99. The Labute approximate surface area is 189 Å². The van der Waals surface area contributed by atoms with Gasteiger partial charge in [-0.05, 0) is 60.2 Å². The summed E-state index contributed by atoms with van der Waals surface area (Å²) in [6.07, 6.45) is 1.63. The van der Waals surface area contributed by atoms with Crippen LogP contribution in [0.3, 0.4) is 0 Å². The Bertz CT molecular complexity index is 1400. The molecule has 2 aromatic heterocycles. The van der Waals surface area contributed by atoms with Gasteiger partial charge in [-0.2, -0.15) is 4.68 Å². The SMILES string of the molecule is COc1cccc(/C=C(/C(=O)Nc2c(C)n(C)n(-c3ccccc3)c2=O)n2nnnc2C)c1. The molecule has 0 aliphatic carbocycles. The second-order valence-corrected chi connectivity index (χ2v) is 7.33. The van der Waals surface area contributed by atoms with Crippen molar-refractivity contribution in [2.24, 2.45) is 7.05 Å². The van der Waals surface area contributed by atoms with Gasteiger partial charge in [0.1, 0.15) is 17.1 Å². The van der Waals surface area contributed by atoms with Gasteiger partial charge in [0.05, 0.1) is 18.5 Å². The predicted molar refractivity (Wildman–Crippen MR) is 124 cm³/mol. The van der Waals surface area contributed by atoms with Crippen LogP contribution in [-0.4, -0.2) is 42.6 Å². The van der Waals surface area contributed by atoms with Crippen molar-refractivity contribution in [3.63, 3.8) is 0 Å². The number of benzene rings is 2. The lowest BCUT2D eigenvalue weighted by molar-refractivity contribution is -0.111. The molecule has 10 nitrogen and oxygen atoms in total. The average molecular weight is 445 g/mol. The molecule has 0 atom stereocenters. The summed E-state index contributed by atoms with van der Waals surface area (Å²) in [7, 11) is 3.33. The third kappa shape index (κ3) is 4.18. The first kappa shape index (κ1) is 21.8. The van der Waals surface area contributed by atoms with E-state index in [1.807, 2.05) is 42.5 Å². The number of carbonyl (C=O) groups excluding carboxylic acids is 1. The van der Waals surface area contributed by atoms with E-state index in [4.69, 9.17) is 4.74 Å². The van der Waals surface area contributed by atoms with Crippen molar-refractivity contribution in [3.05, 3.63) is 82.0 Å². The van der Waals surface area contributed by atoms with Crippen LogP contribution in [0.5, 0.6) is 5.75 Å². The summed E-state index contributed by atoms with van der Waals surface area (Å²) >= 11 is 0. The molecule has 0 unspecified atom stereocenters. The zero-order valence-corrected chi connectivity index (χ0v) is 18.7. The van der Waals surface area contributed by atoms with Gasteiger partial charge in [0.15, 0.2) is 5.82 Å². The highest BCUT2D eigenvalue weighted by molar-refractivity contribution is 6.24. The number of carbonyl (C=O) groups is 1. The Morgan fingerprint density at radius 1 is 1.09 bits per heavy atom. The van der Waals surface area contributed by atoms with Crippen molar-refractivity contribution in [1.29, 1.82) is 0 Å². The number of aryl methyl sites for hydroxylation is 1. The molecule has 0 aliphatic rings. The van der Waals surface area contributed by atoms with Crippen molar-refractivity contribution < 1.29 is 9.53 Å². The second-order valence-electron chi connectivity index (χ2n) is 7.33. The molecule has 0 saturated heterocycles. The van der Waals surface area contributed by atoms with Crippen LogP contribution in [0, 0.1) is 13.8 Å². The van der Waals surface area contributed by atoms with E-state index in [0.29, 0.717) is 28.5 Å². The van der Waals surface area contributed by atoms with E-state index in [0.717, 1.165) is 0 Å². The topological polar surface area (TPSA) is 109 Å². The second kappa shape index (κ2) is 8.95. The molecule has 10 heteroatoms. The average Bonchev–Trinajstić information content (AvgIpc) is 3.34. The van der Waals surface area contributed by atoms with Crippen LogP contribution in [-0.2, 0) is 11.8 Å². The fraction of sp³-hybridized carbons (Fsp3) is 0.174. The molecule has 2 heterocycles. The number of anilines is 1. The van der Waals surface area contributed by atoms with E-state index in [2.05, 4.69) is 20.8 Å². The van der Waals surface area contributed by atoms with Crippen molar-refractivity contribution in [2.45, 2.75) is 13.8 Å². The number of aromatic nitrogens is 6. The maximum atomic E-state index is 13.4. The monoisotopic (exact) mass is 445 g/mol. The van der Waals surface area contributed by atoms with E-state index in [1.54, 1.807) is 50.9 Å². The highest BCUT2D eigenvalue weighted by Gasteiger charge is 2.22. The van der Waals surface area contributed by atoms with Crippen LogP contribution < -0.4 is 15.6 Å². The smallest absolute Gasteiger partial charge is 0.295 e. The first-order chi connectivity index (χ1) is 15.9. The van der Waals surface area contributed by atoms with Gasteiger partial charge in [0.2, 0.25) is 0 Å². The molecule has 1 N–H and O–H groups in total. The number of hydrogen-bond acceptors (Lipinski definition) is 6. The van der Waals surface area contributed by atoms with Gasteiger partial charge in [-0.1, -0.05) is 30.3 Å². The van der Waals surface area contributed by atoms with Gasteiger partial charge in [0, 0.05) is 7.05 Å². The number of methoxy groups -OCH3 is 1. The number of para-hydroxylation sites is 1. The third-order valence-corrected chi connectivity index (χ3v) is 5.28.